The van der Waals surface area contributed by atoms with Crippen molar-refractivity contribution in [2.24, 2.45) is 0 Å². The second-order valence-electron chi connectivity index (χ2n) is 17.1. The van der Waals surface area contributed by atoms with Crippen LogP contribution in [0.2, 0.25) is 23.2 Å². The van der Waals surface area contributed by atoms with E-state index >= 15 is 0 Å². The van der Waals surface area contributed by atoms with Crippen molar-refractivity contribution in [3.8, 4) is 11.5 Å². The molecule has 3 aromatic carbocycles. The molecule has 0 bridgehead atoms. The fourth-order valence-electron chi connectivity index (χ4n) is 6.68. The van der Waals surface area contributed by atoms with Crippen molar-refractivity contribution in [2.75, 3.05) is 25.2 Å². The predicted molar refractivity (Wildman–Crippen MR) is 210 cm³/mol. The number of hydrogen-bond donors (Lipinski definition) is 2. The van der Waals surface area contributed by atoms with Gasteiger partial charge < -0.3 is 28.7 Å². The first-order valence-corrected chi connectivity index (χ1v) is 22.5. The molecule has 0 aliphatic carbocycles. The SMILES string of the molecule is COc1cc(C(=O)N2C[C@H](O)C[C@H]2CO[Si](C)(C)C(C)(C)C)c(N(C(=O)O)C(C)(C)C)cc1O[Si](c1ccccc1)(c1ccccc1)C(C)(C)C. The van der Waals surface area contributed by atoms with Gasteiger partial charge in [0.1, 0.15) is 5.75 Å². The molecule has 0 unspecified atom stereocenters. The fraction of sp³-hybridized carbons (Fsp3) is 0.500. The summed E-state index contributed by atoms with van der Waals surface area (Å²) in [6.07, 6.45) is -1.58. The molecule has 0 spiro atoms. The van der Waals surface area contributed by atoms with Crippen LogP contribution in [0.3, 0.4) is 0 Å². The van der Waals surface area contributed by atoms with E-state index in [1.54, 1.807) is 37.8 Å². The topological polar surface area (TPSA) is 109 Å². The Hall–Kier alpha value is -3.65. The monoisotopic (exact) mass is 734 g/mol. The quantitative estimate of drug-likeness (QED) is 0.208. The molecule has 0 aromatic heterocycles. The molecule has 2 amide bonds. The molecule has 1 aliphatic heterocycles. The van der Waals surface area contributed by atoms with Crippen LogP contribution in [0.4, 0.5) is 10.5 Å². The molecule has 1 saturated heterocycles. The Labute approximate surface area is 306 Å². The highest BCUT2D eigenvalue weighted by molar-refractivity contribution is 7.00. The number of carboxylic acid groups (broad SMARTS) is 1. The van der Waals surface area contributed by atoms with Gasteiger partial charge in [0, 0.05) is 18.2 Å². The summed E-state index contributed by atoms with van der Waals surface area (Å²) in [6.45, 7) is 23.0. The lowest BCUT2D eigenvalue weighted by atomic mass is 10.0. The Morgan fingerprint density at radius 2 is 1.37 bits per heavy atom. The number of aliphatic hydroxyl groups is 1. The van der Waals surface area contributed by atoms with Crippen molar-refractivity contribution in [1.29, 1.82) is 0 Å². The zero-order valence-corrected chi connectivity index (χ0v) is 34.5. The number of hydrogen-bond acceptors (Lipinski definition) is 6. The van der Waals surface area contributed by atoms with Gasteiger partial charge in [-0.2, -0.15) is 0 Å². The van der Waals surface area contributed by atoms with E-state index in [1.807, 2.05) is 36.4 Å². The number of β-amino-alcohol motifs (C(OH)–C–C–N with tert-alkyl or cyclic N) is 1. The molecule has 4 rings (SSSR count). The van der Waals surface area contributed by atoms with Crippen LogP contribution in [-0.4, -0.2) is 81.7 Å². The molecule has 0 saturated carbocycles. The summed E-state index contributed by atoms with van der Waals surface area (Å²) in [5.41, 5.74) is -0.607. The zero-order valence-electron chi connectivity index (χ0n) is 32.5. The number of rotatable bonds is 10. The zero-order chi connectivity index (χ0) is 38.2. The maximum atomic E-state index is 14.7. The van der Waals surface area contributed by atoms with Crippen LogP contribution < -0.4 is 24.4 Å². The van der Waals surface area contributed by atoms with E-state index in [2.05, 4.69) is 78.9 Å². The van der Waals surface area contributed by atoms with Crippen LogP contribution in [0.25, 0.3) is 0 Å². The van der Waals surface area contributed by atoms with Crippen molar-refractivity contribution in [3.63, 3.8) is 0 Å². The molecule has 1 aliphatic rings. The van der Waals surface area contributed by atoms with E-state index in [0.29, 0.717) is 17.9 Å². The van der Waals surface area contributed by atoms with Crippen molar-refractivity contribution in [2.45, 2.75) is 110 Å². The van der Waals surface area contributed by atoms with Crippen LogP contribution in [-0.2, 0) is 4.43 Å². The molecule has 1 fully saturated rings. The highest BCUT2D eigenvalue weighted by atomic mass is 28.4. The third kappa shape index (κ3) is 8.22. The third-order valence-electron chi connectivity index (χ3n) is 10.4. The van der Waals surface area contributed by atoms with E-state index in [0.717, 1.165) is 10.4 Å². The molecule has 3 aromatic rings. The van der Waals surface area contributed by atoms with Crippen LogP contribution in [0.5, 0.6) is 11.5 Å². The first-order chi connectivity index (χ1) is 23.5. The van der Waals surface area contributed by atoms with Crippen LogP contribution in [0.15, 0.2) is 72.8 Å². The Morgan fingerprint density at radius 3 is 1.80 bits per heavy atom. The molecule has 2 atom stereocenters. The van der Waals surface area contributed by atoms with Gasteiger partial charge in [-0.1, -0.05) is 102 Å². The summed E-state index contributed by atoms with van der Waals surface area (Å²) in [4.78, 5) is 30.7. The first kappa shape index (κ1) is 40.1. The molecule has 0 radical (unpaired) electrons. The maximum absolute atomic E-state index is 14.7. The van der Waals surface area contributed by atoms with Crippen molar-refractivity contribution < 1.29 is 33.4 Å². The summed E-state index contributed by atoms with van der Waals surface area (Å²) in [5.74, 6) is 0.243. The van der Waals surface area contributed by atoms with Crippen molar-refractivity contribution >= 4 is 44.7 Å². The van der Waals surface area contributed by atoms with E-state index in [1.165, 1.54) is 12.0 Å². The van der Waals surface area contributed by atoms with Crippen LogP contribution in [0.1, 0.15) is 79.1 Å². The Kier molecular flexibility index (Phi) is 11.6. The molecule has 51 heavy (non-hydrogen) atoms. The van der Waals surface area contributed by atoms with Crippen molar-refractivity contribution in [1.82, 2.24) is 4.90 Å². The lowest BCUT2D eigenvalue weighted by Gasteiger charge is -2.43. The number of aliphatic hydroxyl groups excluding tert-OH is 1. The van der Waals surface area contributed by atoms with Crippen molar-refractivity contribution in [3.05, 3.63) is 78.4 Å². The van der Waals surface area contributed by atoms with E-state index in [9.17, 15) is 19.8 Å². The van der Waals surface area contributed by atoms with Crippen LogP contribution >= 0.6 is 0 Å². The summed E-state index contributed by atoms with van der Waals surface area (Å²) < 4.78 is 19.9. The number of methoxy groups -OCH3 is 1. The number of amides is 2. The normalized spacial score (nSPS) is 17.3. The van der Waals surface area contributed by atoms with Gasteiger partial charge in [0.05, 0.1) is 37.1 Å². The lowest BCUT2D eigenvalue weighted by molar-refractivity contribution is 0.0670. The minimum absolute atomic E-state index is 0.0325. The number of carbonyl (C=O) groups excluding carboxylic acids is 1. The van der Waals surface area contributed by atoms with Gasteiger partial charge in [-0.25, -0.2) is 4.79 Å². The Bertz CT molecular complexity index is 1640. The second kappa shape index (κ2) is 14.8. The fourth-order valence-corrected chi connectivity index (χ4v) is 12.1. The van der Waals surface area contributed by atoms with Gasteiger partial charge in [-0.05, 0) is 66.8 Å². The number of ether oxygens (including phenoxy) is 1. The van der Waals surface area contributed by atoms with E-state index in [-0.39, 0.29) is 35.5 Å². The molecule has 1 heterocycles. The summed E-state index contributed by atoms with van der Waals surface area (Å²) in [5, 5.41) is 23.2. The average molecular weight is 735 g/mol. The number of nitrogens with zero attached hydrogens (tertiary/aromatic N) is 2. The first-order valence-electron chi connectivity index (χ1n) is 17.7. The average Bonchev–Trinajstić information content (AvgIpc) is 3.41. The molecule has 278 valence electrons. The number of anilines is 1. The molecular formula is C40H58N2O7Si2. The third-order valence-corrected chi connectivity index (χ3v) is 19.8. The van der Waals surface area contributed by atoms with Gasteiger partial charge in [-0.15, -0.1) is 0 Å². The summed E-state index contributed by atoms with van der Waals surface area (Å²) >= 11 is 0. The molecule has 9 nitrogen and oxygen atoms in total. The van der Waals surface area contributed by atoms with Gasteiger partial charge >= 0.3 is 14.4 Å². The molecule has 11 heteroatoms. The van der Waals surface area contributed by atoms with Gasteiger partial charge in [0.25, 0.3) is 5.91 Å². The van der Waals surface area contributed by atoms with Gasteiger partial charge in [0.15, 0.2) is 14.1 Å². The number of carbonyl (C=O) groups is 2. The summed E-state index contributed by atoms with van der Waals surface area (Å²) in [6, 6.07) is 23.1. The van der Waals surface area contributed by atoms with E-state index < -0.39 is 45.3 Å². The Balaban J connectivity index is 1.94. The smallest absolute Gasteiger partial charge is 0.412 e. The lowest BCUT2D eigenvalue weighted by Crippen LogP contribution is -2.68. The summed E-state index contributed by atoms with van der Waals surface area (Å²) in [7, 11) is -3.83. The minimum atomic E-state index is -3.19. The highest BCUT2D eigenvalue weighted by Crippen LogP contribution is 2.44. The molecular weight excluding hydrogens is 677 g/mol. The standard InChI is InChI=1S/C40H58N2O7Si2/c1-38(2,3)42(37(45)46)33-25-35(49-51(40(7,8)9,30-19-15-13-16-20-30)31-21-17-14-18-22-31)34(47-10)24-32(33)36(44)41-26-29(43)23-28(41)27-48-50(11,12)39(4,5)6/h13-22,24-25,28-29,43H,23,26-27H2,1-12H3,(H,45,46)/t28-,29+/m0/s1. The number of likely N-dealkylation sites (tertiary alicyclic amines) is 1. The maximum Gasteiger partial charge on any atom is 0.412 e. The van der Waals surface area contributed by atoms with Crippen LogP contribution in [0, 0.1) is 0 Å². The largest absolute Gasteiger partial charge is 0.531 e. The minimum Gasteiger partial charge on any atom is -0.531 e. The molecule has 2 N–H and O–H groups in total. The highest BCUT2D eigenvalue weighted by Gasteiger charge is 2.53. The Morgan fingerprint density at radius 1 is 0.843 bits per heavy atom. The van der Waals surface area contributed by atoms with Gasteiger partial charge in [0.2, 0.25) is 0 Å². The predicted octanol–water partition coefficient (Wildman–Crippen LogP) is 7.51. The van der Waals surface area contributed by atoms with Gasteiger partial charge in [-0.3, -0.25) is 9.69 Å². The number of benzene rings is 3. The van der Waals surface area contributed by atoms with E-state index in [4.69, 9.17) is 13.6 Å². The second-order valence-corrected chi connectivity index (χ2v) is 26.2.